The predicted molar refractivity (Wildman–Crippen MR) is 108 cm³/mol. The van der Waals surface area contributed by atoms with Crippen LogP contribution in [0, 0.1) is 23.2 Å². The van der Waals surface area contributed by atoms with E-state index < -0.39 is 0 Å². The van der Waals surface area contributed by atoms with Crippen molar-refractivity contribution in [2.24, 2.45) is 11.8 Å². The Hall–Kier alpha value is -1.85. The number of aryl methyl sites for hydroxylation is 1. The first-order valence-electron chi connectivity index (χ1n) is 9.16. The van der Waals surface area contributed by atoms with Crippen molar-refractivity contribution in [2.75, 3.05) is 0 Å². The molecule has 0 aliphatic heterocycles. The topological polar surface area (TPSA) is 23.8 Å². The van der Waals surface area contributed by atoms with Crippen LogP contribution in [0.5, 0.6) is 0 Å². The molecule has 0 spiro atoms. The highest BCUT2D eigenvalue weighted by molar-refractivity contribution is 9.10. The van der Waals surface area contributed by atoms with Gasteiger partial charge in [-0.3, -0.25) is 0 Å². The number of halogens is 1. The molecular formula is C23H24BrN. The number of rotatable bonds is 5. The highest BCUT2D eigenvalue weighted by Gasteiger charge is 2.20. The second kappa shape index (κ2) is 9.02. The molecule has 0 saturated heterocycles. The molecule has 1 nitrogen and oxygen atoms in total. The summed E-state index contributed by atoms with van der Waals surface area (Å²) >= 11 is 3.49. The number of hydrogen-bond donors (Lipinski definition) is 0. The number of benzene rings is 2. The van der Waals surface area contributed by atoms with Gasteiger partial charge >= 0.3 is 0 Å². The highest BCUT2D eigenvalue weighted by atomic mass is 79.9. The molecule has 0 heterocycles. The van der Waals surface area contributed by atoms with Crippen LogP contribution in [-0.2, 0) is 6.42 Å². The fourth-order valence-electron chi connectivity index (χ4n) is 3.71. The van der Waals surface area contributed by atoms with E-state index >= 15 is 0 Å². The first-order chi connectivity index (χ1) is 12.2. The summed E-state index contributed by atoms with van der Waals surface area (Å²) in [5, 5.41) is 8.88. The lowest BCUT2D eigenvalue weighted by Crippen LogP contribution is -2.14. The summed E-state index contributed by atoms with van der Waals surface area (Å²) in [7, 11) is 0. The minimum Gasteiger partial charge on any atom is -0.192 e. The molecule has 2 aromatic carbocycles. The van der Waals surface area contributed by atoms with E-state index in [0.717, 1.165) is 22.4 Å². The second-order valence-corrected chi connectivity index (χ2v) is 7.97. The number of hydrogen-bond acceptors (Lipinski definition) is 1. The van der Waals surface area contributed by atoms with Gasteiger partial charge in [-0.1, -0.05) is 65.2 Å². The van der Waals surface area contributed by atoms with E-state index in [2.05, 4.69) is 70.5 Å². The molecule has 0 amide bonds. The van der Waals surface area contributed by atoms with Gasteiger partial charge in [0.1, 0.15) is 0 Å². The van der Waals surface area contributed by atoms with E-state index in [1.807, 2.05) is 12.1 Å². The number of nitrogens with zero attached hydrogens (tertiary/aromatic N) is 1. The van der Waals surface area contributed by atoms with Crippen LogP contribution in [0.4, 0.5) is 0 Å². The Balaban J connectivity index is 1.50. The third-order valence-electron chi connectivity index (χ3n) is 5.18. The van der Waals surface area contributed by atoms with Crippen molar-refractivity contribution >= 4 is 22.0 Å². The molecule has 128 valence electrons. The molecule has 1 aliphatic rings. The van der Waals surface area contributed by atoms with E-state index in [9.17, 15) is 0 Å². The average Bonchev–Trinajstić information content (AvgIpc) is 2.67. The molecule has 0 aromatic heterocycles. The Morgan fingerprint density at radius 2 is 1.80 bits per heavy atom. The standard InChI is InChI=1S/C23H24BrN/c24-23-14-12-19(13-15-23)5-9-21-3-1-2-20(16-21)8-4-18-6-10-22(17-25)11-7-18/h5-7,9-15,20-21H,1-4,8,16H2/b9-5+/t20-,21?/m0/s1. The Morgan fingerprint density at radius 3 is 2.52 bits per heavy atom. The van der Waals surface area contributed by atoms with Crippen LogP contribution in [-0.4, -0.2) is 0 Å². The third-order valence-corrected chi connectivity index (χ3v) is 5.71. The van der Waals surface area contributed by atoms with Crippen LogP contribution in [0.2, 0.25) is 0 Å². The molecule has 1 aliphatic carbocycles. The lowest BCUT2D eigenvalue weighted by Gasteiger charge is -2.27. The lowest BCUT2D eigenvalue weighted by atomic mass is 9.78. The largest absolute Gasteiger partial charge is 0.192 e. The van der Waals surface area contributed by atoms with Gasteiger partial charge in [0.05, 0.1) is 11.6 Å². The molecule has 0 N–H and O–H groups in total. The molecule has 2 atom stereocenters. The van der Waals surface area contributed by atoms with Gasteiger partial charge in [-0.15, -0.1) is 0 Å². The zero-order chi connectivity index (χ0) is 17.5. The number of allylic oxidation sites excluding steroid dienone is 1. The quantitative estimate of drug-likeness (QED) is 0.549. The molecule has 1 saturated carbocycles. The van der Waals surface area contributed by atoms with Gasteiger partial charge < -0.3 is 0 Å². The molecule has 2 aromatic rings. The van der Waals surface area contributed by atoms with Crippen LogP contribution in [0.3, 0.4) is 0 Å². The fraction of sp³-hybridized carbons (Fsp3) is 0.348. The second-order valence-electron chi connectivity index (χ2n) is 7.05. The van der Waals surface area contributed by atoms with Crippen molar-refractivity contribution in [3.8, 4) is 6.07 Å². The third kappa shape index (κ3) is 5.58. The first-order valence-corrected chi connectivity index (χ1v) is 9.95. The Labute approximate surface area is 159 Å². The van der Waals surface area contributed by atoms with Crippen LogP contribution in [0.15, 0.2) is 59.1 Å². The van der Waals surface area contributed by atoms with Gasteiger partial charge in [0.25, 0.3) is 0 Å². The Kier molecular flexibility index (Phi) is 6.48. The van der Waals surface area contributed by atoms with Crippen molar-refractivity contribution in [2.45, 2.75) is 38.5 Å². The summed E-state index contributed by atoms with van der Waals surface area (Å²) in [6, 6.07) is 18.8. The van der Waals surface area contributed by atoms with Crippen molar-refractivity contribution < 1.29 is 0 Å². The van der Waals surface area contributed by atoms with Gasteiger partial charge in [0.15, 0.2) is 0 Å². The number of nitriles is 1. The van der Waals surface area contributed by atoms with E-state index in [-0.39, 0.29) is 0 Å². The van der Waals surface area contributed by atoms with Crippen LogP contribution >= 0.6 is 15.9 Å². The van der Waals surface area contributed by atoms with Crippen LogP contribution < -0.4 is 0 Å². The molecule has 3 rings (SSSR count). The zero-order valence-corrected chi connectivity index (χ0v) is 16.1. The average molecular weight is 394 g/mol. The smallest absolute Gasteiger partial charge is 0.0991 e. The van der Waals surface area contributed by atoms with Crippen molar-refractivity contribution in [3.63, 3.8) is 0 Å². The monoisotopic (exact) mass is 393 g/mol. The fourth-order valence-corrected chi connectivity index (χ4v) is 3.97. The summed E-state index contributed by atoms with van der Waals surface area (Å²) in [5.41, 5.74) is 3.38. The molecule has 25 heavy (non-hydrogen) atoms. The summed E-state index contributed by atoms with van der Waals surface area (Å²) in [4.78, 5) is 0. The van der Waals surface area contributed by atoms with E-state index in [4.69, 9.17) is 5.26 Å². The molecule has 1 unspecified atom stereocenters. The van der Waals surface area contributed by atoms with Gasteiger partial charge in [0.2, 0.25) is 0 Å². The molecule has 1 fully saturated rings. The van der Waals surface area contributed by atoms with Crippen molar-refractivity contribution in [1.29, 1.82) is 5.26 Å². The normalized spacial score (nSPS) is 20.5. The van der Waals surface area contributed by atoms with Gasteiger partial charge in [-0.2, -0.15) is 5.26 Å². The SMILES string of the molecule is N#Cc1ccc(CC[C@@H]2CCCC(/C=C/c3ccc(Br)cc3)C2)cc1. The van der Waals surface area contributed by atoms with Gasteiger partial charge in [-0.05, 0) is 72.9 Å². The lowest BCUT2D eigenvalue weighted by molar-refractivity contribution is 0.291. The van der Waals surface area contributed by atoms with Gasteiger partial charge in [-0.25, -0.2) is 0 Å². The first kappa shape index (κ1) is 18.0. The predicted octanol–water partition coefficient (Wildman–Crippen LogP) is 6.77. The maximum absolute atomic E-state index is 8.88. The minimum atomic E-state index is 0.711. The maximum Gasteiger partial charge on any atom is 0.0991 e. The summed E-state index contributed by atoms with van der Waals surface area (Å²) in [6.07, 6.45) is 12.4. The molecule has 2 heteroatoms. The van der Waals surface area contributed by atoms with E-state index in [1.165, 1.54) is 43.2 Å². The Bertz CT molecular complexity index is 737. The van der Waals surface area contributed by atoms with Gasteiger partial charge in [0, 0.05) is 4.47 Å². The molecule has 0 radical (unpaired) electrons. The zero-order valence-electron chi connectivity index (χ0n) is 14.5. The van der Waals surface area contributed by atoms with E-state index in [1.54, 1.807) is 0 Å². The highest BCUT2D eigenvalue weighted by Crippen LogP contribution is 2.33. The maximum atomic E-state index is 8.88. The van der Waals surface area contributed by atoms with E-state index in [0.29, 0.717) is 5.92 Å². The Morgan fingerprint density at radius 1 is 1.04 bits per heavy atom. The van der Waals surface area contributed by atoms with Crippen molar-refractivity contribution in [1.82, 2.24) is 0 Å². The summed E-state index contributed by atoms with van der Waals surface area (Å²) < 4.78 is 1.13. The van der Waals surface area contributed by atoms with Crippen molar-refractivity contribution in [3.05, 3.63) is 75.8 Å². The summed E-state index contributed by atoms with van der Waals surface area (Å²) in [6.45, 7) is 0. The summed E-state index contributed by atoms with van der Waals surface area (Å²) in [5.74, 6) is 1.53. The van der Waals surface area contributed by atoms with Crippen LogP contribution in [0.1, 0.15) is 48.8 Å². The molecular weight excluding hydrogens is 370 g/mol. The minimum absolute atomic E-state index is 0.711. The molecule has 0 bridgehead atoms. The van der Waals surface area contributed by atoms with Crippen LogP contribution in [0.25, 0.3) is 6.08 Å².